The fourth-order valence-electron chi connectivity index (χ4n) is 4.62. The highest BCUT2D eigenvalue weighted by atomic mass is 16.2. The molecule has 36 heavy (non-hydrogen) atoms. The molecule has 188 valence electrons. The van der Waals surface area contributed by atoms with Gasteiger partial charge in [-0.25, -0.2) is 4.85 Å². The molecule has 0 saturated heterocycles. The molecule has 1 atom stereocenters. The van der Waals surface area contributed by atoms with Gasteiger partial charge in [0.1, 0.15) is 17.7 Å². The molecule has 8 nitrogen and oxygen atoms in total. The third-order valence-electron chi connectivity index (χ3n) is 6.46. The van der Waals surface area contributed by atoms with Gasteiger partial charge < -0.3 is 20.5 Å². The Hall–Kier alpha value is -3.86. The van der Waals surface area contributed by atoms with Crippen molar-refractivity contribution >= 4 is 23.4 Å². The van der Waals surface area contributed by atoms with Crippen LogP contribution in [0.4, 0.5) is 17.5 Å². The summed E-state index contributed by atoms with van der Waals surface area (Å²) in [6.07, 6.45) is 10.7. The third kappa shape index (κ3) is 7.08. The van der Waals surface area contributed by atoms with E-state index in [0.29, 0.717) is 29.9 Å². The highest BCUT2D eigenvalue weighted by Crippen LogP contribution is 2.28. The molecule has 1 aliphatic rings. The Labute approximate surface area is 213 Å². The van der Waals surface area contributed by atoms with Crippen LogP contribution in [0.1, 0.15) is 57.9 Å². The van der Waals surface area contributed by atoms with E-state index in [1.54, 1.807) is 12.1 Å². The van der Waals surface area contributed by atoms with Crippen LogP contribution >= 0.6 is 0 Å². The van der Waals surface area contributed by atoms with Crippen LogP contribution in [0.5, 0.6) is 0 Å². The second-order valence-corrected chi connectivity index (χ2v) is 9.76. The molecule has 1 saturated carbocycles. The summed E-state index contributed by atoms with van der Waals surface area (Å²) >= 11 is 0. The summed E-state index contributed by atoms with van der Waals surface area (Å²) in [6, 6.07) is 12.9. The lowest BCUT2D eigenvalue weighted by Gasteiger charge is -2.27. The maximum Gasteiger partial charge on any atom is 0.242 e. The van der Waals surface area contributed by atoms with Crippen LogP contribution in [0.3, 0.4) is 0 Å². The van der Waals surface area contributed by atoms with Gasteiger partial charge in [0.15, 0.2) is 5.69 Å². The van der Waals surface area contributed by atoms with Crippen LogP contribution in [0.2, 0.25) is 0 Å². The molecule has 4 rings (SSSR count). The predicted molar refractivity (Wildman–Crippen MR) is 143 cm³/mol. The Kier molecular flexibility index (Phi) is 8.56. The van der Waals surface area contributed by atoms with Crippen LogP contribution in [0.15, 0.2) is 54.9 Å². The number of hydrogen-bond acceptors (Lipinski definition) is 5. The highest BCUT2D eigenvalue weighted by Gasteiger charge is 2.25. The number of rotatable bonds is 10. The number of aromatic nitrogens is 3. The molecular weight excluding hydrogens is 450 g/mol. The molecule has 1 aromatic carbocycles. The van der Waals surface area contributed by atoms with Crippen molar-refractivity contribution in [1.82, 2.24) is 19.9 Å². The number of benzene rings is 1. The molecule has 2 heterocycles. The largest absolute Gasteiger partial charge is 0.358 e. The standard InChI is InChI=1S/C28H35N7O/c1-20(2)31-28-33-25(18-26(34-28)35-15-7-8-16-35)32-24(17-21-9-5-4-6-10-21)27(36)30-19-22-11-13-23(29-3)14-12-22/h7-8,11-16,18,20-21,24H,4-6,9-10,17,19H2,1-2H3,(H,30,36)(H2,31,32,33,34)/t24-/m1/s1. The van der Waals surface area contributed by atoms with Crippen LogP contribution in [0.25, 0.3) is 10.7 Å². The maximum absolute atomic E-state index is 13.4. The topological polar surface area (TPSA) is 88.2 Å². The molecular formula is C28H35N7O. The first-order chi connectivity index (χ1) is 17.5. The summed E-state index contributed by atoms with van der Waals surface area (Å²) < 4.78 is 1.93. The minimum absolute atomic E-state index is 0.0469. The number of nitrogens with zero attached hydrogens (tertiary/aromatic N) is 4. The molecule has 1 fully saturated rings. The van der Waals surface area contributed by atoms with Gasteiger partial charge in [-0.15, -0.1) is 0 Å². The van der Waals surface area contributed by atoms with Gasteiger partial charge in [0, 0.05) is 31.0 Å². The van der Waals surface area contributed by atoms with Gasteiger partial charge in [0.2, 0.25) is 11.9 Å². The lowest BCUT2D eigenvalue weighted by molar-refractivity contribution is -0.122. The van der Waals surface area contributed by atoms with E-state index >= 15 is 0 Å². The zero-order chi connectivity index (χ0) is 25.3. The average molecular weight is 486 g/mol. The monoisotopic (exact) mass is 485 g/mol. The molecule has 0 spiro atoms. The second kappa shape index (κ2) is 12.2. The molecule has 3 N–H and O–H groups in total. The second-order valence-electron chi connectivity index (χ2n) is 9.76. The summed E-state index contributed by atoms with van der Waals surface area (Å²) in [5, 5.41) is 9.82. The fourth-order valence-corrected chi connectivity index (χ4v) is 4.62. The zero-order valence-corrected chi connectivity index (χ0v) is 21.1. The van der Waals surface area contributed by atoms with Crippen molar-refractivity contribution < 1.29 is 4.79 Å². The number of carbonyl (C=O) groups excluding carboxylic acids is 1. The quantitative estimate of drug-likeness (QED) is 0.320. The van der Waals surface area contributed by atoms with Gasteiger partial charge in [-0.2, -0.15) is 9.97 Å². The third-order valence-corrected chi connectivity index (χ3v) is 6.46. The lowest BCUT2D eigenvalue weighted by Crippen LogP contribution is -2.41. The molecule has 2 aromatic heterocycles. The Morgan fingerprint density at radius 3 is 2.47 bits per heavy atom. The number of nitrogens with one attached hydrogen (secondary N) is 3. The summed E-state index contributed by atoms with van der Waals surface area (Å²) in [4.78, 5) is 26.2. The van der Waals surface area contributed by atoms with Gasteiger partial charge in [-0.3, -0.25) is 4.79 Å². The summed E-state index contributed by atoms with van der Waals surface area (Å²) in [5.41, 5.74) is 1.56. The molecule has 3 aromatic rings. The van der Waals surface area contributed by atoms with E-state index in [0.717, 1.165) is 30.6 Å². The summed E-state index contributed by atoms with van der Waals surface area (Å²) in [6.45, 7) is 11.6. The predicted octanol–water partition coefficient (Wildman–Crippen LogP) is 5.71. The van der Waals surface area contributed by atoms with Gasteiger partial charge in [0.05, 0.1) is 6.57 Å². The molecule has 0 unspecified atom stereocenters. The van der Waals surface area contributed by atoms with E-state index in [-0.39, 0.29) is 11.9 Å². The summed E-state index contributed by atoms with van der Waals surface area (Å²) in [5.74, 6) is 2.34. The van der Waals surface area contributed by atoms with Crippen molar-refractivity contribution in [3.05, 3.63) is 71.8 Å². The number of carbonyl (C=O) groups is 1. The van der Waals surface area contributed by atoms with Crippen LogP contribution in [0, 0.1) is 12.5 Å². The first-order valence-electron chi connectivity index (χ1n) is 12.8. The van der Waals surface area contributed by atoms with Crippen molar-refractivity contribution in [2.24, 2.45) is 5.92 Å². The van der Waals surface area contributed by atoms with E-state index in [1.807, 2.05) is 61.1 Å². The normalized spacial score (nSPS) is 14.7. The Balaban J connectivity index is 1.54. The van der Waals surface area contributed by atoms with Gasteiger partial charge in [-0.05, 0) is 43.9 Å². The van der Waals surface area contributed by atoms with Crippen molar-refractivity contribution in [2.75, 3.05) is 10.6 Å². The van der Waals surface area contributed by atoms with Crippen LogP contribution < -0.4 is 16.0 Å². The van der Waals surface area contributed by atoms with Gasteiger partial charge in [0.25, 0.3) is 0 Å². The minimum atomic E-state index is -0.407. The van der Waals surface area contributed by atoms with Crippen molar-refractivity contribution in [3.63, 3.8) is 0 Å². The zero-order valence-electron chi connectivity index (χ0n) is 21.1. The van der Waals surface area contributed by atoms with E-state index in [9.17, 15) is 4.79 Å². The average Bonchev–Trinajstić information content (AvgIpc) is 3.43. The molecule has 0 radical (unpaired) electrons. The fraction of sp³-hybridized carbons (Fsp3) is 0.429. The Bertz CT molecular complexity index is 1160. The summed E-state index contributed by atoms with van der Waals surface area (Å²) in [7, 11) is 0. The van der Waals surface area contributed by atoms with Crippen molar-refractivity contribution in [3.8, 4) is 5.82 Å². The van der Waals surface area contributed by atoms with Crippen LogP contribution in [-0.4, -0.2) is 32.5 Å². The van der Waals surface area contributed by atoms with Crippen molar-refractivity contribution in [2.45, 2.75) is 71.0 Å². The smallest absolute Gasteiger partial charge is 0.242 e. The van der Waals surface area contributed by atoms with E-state index < -0.39 is 6.04 Å². The first kappa shape index (κ1) is 25.2. The molecule has 1 aliphatic carbocycles. The van der Waals surface area contributed by atoms with Gasteiger partial charge >= 0.3 is 0 Å². The Morgan fingerprint density at radius 2 is 1.81 bits per heavy atom. The highest BCUT2D eigenvalue weighted by molar-refractivity contribution is 5.84. The number of amides is 1. The van der Waals surface area contributed by atoms with E-state index in [1.165, 1.54) is 19.3 Å². The molecule has 0 aliphatic heterocycles. The van der Waals surface area contributed by atoms with Crippen molar-refractivity contribution in [1.29, 1.82) is 0 Å². The van der Waals surface area contributed by atoms with Gasteiger partial charge in [-0.1, -0.05) is 56.4 Å². The minimum Gasteiger partial charge on any atom is -0.358 e. The van der Waals surface area contributed by atoms with Crippen LogP contribution in [-0.2, 0) is 11.3 Å². The molecule has 0 bridgehead atoms. The molecule has 8 heteroatoms. The lowest BCUT2D eigenvalue weighted by atomic mass is 9.84. The van der Waals surface area contributed by atoms with E-state index in [4.69, 9.17) is 6.57 Å². The van der Waals surface area contributed by atoms with E-state index in [2.05, 4.69) is 30.8 Å². The Morgan fingerprint density at radius 1 is 1.08 bits per heavy atom. The first-order valence-corrected chi connectivity index (χ1v) is 12.8. The number of anilines is 2. The SMILES string of the molecule is [C-]#[N+]c1ccc(CNC(=O)[C@@H](CC2CCCCC2)Nc2cc(-n3cccc3)nc(NC(C)C)n2)cc1. The number of hydrogen-bond donors (Lipinski definition) is 3. The molecule has 1 amide bonds. The maximum atomic E-state index is 13.4.